The first-order valence-corrected chi connectivity index (χ1v) is 9.19. The average Bonchev–Trinajstić information content (AvgIpc) is 2.64. The van der Waals surface area contributed by atoms with E-state index in [0.717, 1.165) is 17.7 Å². The number of para-hydroxylation sites is 1. The van der Waals surface area contributed by atoms with Crippen LogP contribution in [0.25, 0.3) is 0 Å². The van der Waals surface area contributed by atoms with Gasteiger partial charge in [-0.2, -0.15) is 0 Å². The summed E-state index contributed by atoms with van der Waals surface area (Å²) < 4.78 is 5.50. The van der Waals surface area contributed by atoms with Gasteiger partial charge in [0.15, 0.2) is 11.5 Å². The van der Waals surface area contributed by atoms with Gasteiger partial charge in [-0.1, -0.05) is 30.7 Å². The van der Waals surface area contributed by atoms with E-state index in [4.69, 9.17) is 16.3 Å². The van der Waals surface area contributed by atoms with Crippen molar-refractivity contribution < 1.29 is 14.6 Å². The predicted molar refractivity (Wildman–Crippen MR) is 103 cm³/mol. The van der Waals surface area contributed by atoms with E-state index in [1.54, 1.807) is 12.1 Å². The van der Waals surface area contributed by atoms with Crippen molar-refractivity contribution in [2.24, 2.45) is 0 Å². The third-order valence-electron chi connectivity index (χ3n) is 4.69. The Morgan fingerprint density at radius 1 is 1.31 bits per heavy atom. The van der Waals surface area contributed by atoms with Crippen LogP contribution in [-0.2, 0) is 0 Å². The summed E-state index contributed by atoms with van der Waals surface area (Å²) in [6.45, 7) is 6.31. The van der Waals surface area contributed by atoms with Crippen molar-refractivity contribution in [3.63, 3.8) is 0 Å². The lowest BCUT2D eigenvalue weighted by Gasteiger charge is -2.41. The SMILES string of the molecule is CCOc1cc([C@@H]2Nc3ccccc3C(=O)N2[C@H](C)CC)cc(Cl)c1O. The van der Waals surface area contributed by atoms with Gasteiger partial charge >= 0.3 is 0 Å². The van der Waals surface area contributed by atoms with Gasteiger partial charge in [0.05, 0.1) is 17.2 Å². The maximum Gasteiger partial charge on any atom is 0.258 e. The van der Waals surface area contributed by atoms with Crippen LogP contribution in [0, 0.1) is 0 Å². The molecule has 3 rings (SSSR count). The monoisotopic (exact) mass is 374 g/mol. The summed E-state index contributed by atoms with van der Waals surface area (Å²) in [6.07, 6.45) is 0.417. The lowest BCUT2D eigenvalue weighted by atomic mass is 10.0. The number of fused-ring (bicyclic) bond motifs is 1. The zero-order valence-electron chi connectivity index (χ0n) is 15.1. The maximum atomic E-state index is 13.1. The van der Waals surface area contributed by atoms with Gasteiger partial charge in [-0.3, -0.25) is 4.79 Å². The van der Waals surface area contributed by atoms with E-state index in [1.165, 1.54) is 0 Å². The van der Waals surface area contributed by atoms with Crippen molar-refractivity contribution in [3.8, 4) is 11.5 Å². The van der Waals surface area contributed by atoms with Gasteiger partial charge in [0.25, 0.3) is 5.91 Å². The van der Waals surface area contributed by atoms with Crippen LogP contribution in [0.1, 0.15) is 49.3 Å². The molecule has 1 aliphatic rings. The van der Waals surface area contributed by atoms with E-state index >= 15 is 0 Å². The summed E-state index contributed by atoms with van der Waals surface area (Å²) in [6, 6.07) is 10.9. The smallest absolute Gasteiger partial charge is 0.258 e. The molecule has 0 bridgehead atoms. The van der Waals surface area contributed by atoms with Crippen LogP contribution in [0.4, 0.5) is 5.69 Å². The maximum absolute atomic E-state index is 13.1. The van der Waals surface area contributed by atoms with Crippen LogP contribution >= 0.6 is 11.6 Å². The number of amides is 1. The van der Waals surface area contributed by atoms with E-state index < -0.39 is 6.17 Å². The van der Waals surface area contributed by atoms with E-state index in [0.29, 0.717) is 17.9 Å². The van der Waals surface area contributed by atoms with Crippen molar-refractivity contribution in [2.45, 2.75) is 39.4 Å². The van der Waals surface area contributed by atoms with Gasteiger partial charge in [0, 0.05) is 17.3 Å². The number of nitrogens with zero attached hydrogens (tertiary/aromatic N) is 1. The summed E-state index contributed by atoms with van der Waals surface area (Å²) >= 11 is 6.21. The van der Waals surface area contributed by atoms with Crippen LogP contribution in [0.15, 0.2) is 36.4 Å². The number of phenolic OH excluding ortho intramolecular Hbond substituents is 1. The fraction of sp³-hybridized carbons (Fsp3) is 0.350. The standard InChI is InChI=1S/C20H23ClN2O3/c1-4-12(3)23-19(22-16-9-7-6-8-14(16)20(23)25)13-10-15(21)18(24)17(11-13)26-5-2/h6-12,19,22,24H,4-5H2,1-3H3/t12-,19-/m1/s1. The fourth-order valence-electron chi connectivity index (χ4n) is 3.18. The van der Waals surface area contributed by atoms with Crippen molar-refractivity contribution in [1.82, 2.24) is 4.90 Å². The quantitative estimate of drug-likeness (QED) is 0.788. The molecule has 138 valence electrons. The number of hydrogen-bond acceptors (Lipinski definition) is 4. The van der Waals surface area contributed by atoms with Crippen molar-refractivity contribution in [2.75, 3.05) is 11.9 Å². The number of nitrogens with one attached hydrogen (secondary N) is 1. The molecule has 26 heavy (non-hydrogen) atoms. The minimum Gasteiger partial charge on any atom is -0.503 e. The Morgan fingerprint density at radius 3 is 2.73 bits per heavy atom. The molecule has 0 radical (unpaired) electrons. The number of hydrogen-bond donors (Lipinski definition) is 2. The van der Waals surface area contributed by atoms with E-state index in [-0.39, 0.29) is 22.7 Å². The zero-order valence-corrected chi connectivity index (χ0v) is 15.9. The first-order valence-electron chi connectivity index (χ1n) is 8.81. The van der Waals surface area contributed by atoms with Crippen molar-refractivity contribution in [1.29, 1.82) is 0 Å². The Balaban J connectivity index is 2.11. The Hall–Kier alpha value is -2.40. The summed E-state index contributed by atoms with van der Waals surface area (Å²) in [5.41, 5.74) is 2.20. The molecule has 0 unspecified atom stereocenters. The Morgan fingerprint density at radius 2 is 2.04 bits per heavy atom. The van der Waals surface area contributed by atoms with E-state index in [2.05, 4.69) is 5.32 Å². The molecule has 1 aliphatic heterocycles. The Kier molecular flexibility index (Phi) is 5.28. The fourth-order valence-corrected chi connectivity index (χ4v) is 3.40. The summed E-state index contributed by atoms with van der Waals surface area (Å²) in [5.74, 6) is 0.197. The predicted octanol–water partition coefficient (Wildman–Crippen LogP) is 4.81. The molecule has 2 atom stereocenters. The molecule has 0 fully saturated rings. The molecule has 5 nitrogen and oxygen atoms in total. The molecule has 2 aromatic rings. The molecule has 0 saturated carbocycles. The first-order chi connectivity index (χ1) is 12.5. The number of benzene rings is 2. The van der Waals surface area contributed by atoms with E-state index in [1.807, 2.05) is 49.9 Å². The van der Waals surface area contributed by atoms with Crippen molar-refractivity contribution >= 4 is 23.2 Å². The third kappa shape index (κ3) is 3.19. The summed E-state index contributed by atoms with van der Waals surface area (Å²) in [4.78, 5) is 15.0. The molecule has 2 N–H and O–H groups in total. The number of halogens is 1. The molecule has 2 aromatic carbocycles. The lowest BCUT2D eigenvalue weighted by Crippen LogP contribution is -2.47. The number of ether oxygens (including phenoxy) is 1. The molecule has 0 aromatic heterocycles. The third-order valence-corrected chi connectivity index (χ3v) is 4.98. The largest absolute Gasteiger partial charge is 0.503 e. The minimum absolute atomic E-state index is 0.0245. The van der Waals surface area contributed by atoms with Crippen LogP contribution in [-0.4, -0.2) is 28.6 Å². The highest BCUT2D eigenvalue weighted by Crippen LogP contribution is 2.41. The molecule has 6 heteroatoms. The number of anilines is 1. The van der Waals surface area contributed by atoms with E-state index in [9.17, 15) is 9.90 Å². The van der Waals surface area contributed by atoms with Crippen LogP contribution in [0.3, 0.4) is 0 Å². The van der Waals surface area contributed by atoms with Gasteiger partial charge in [0.1, 0.15) is 6.17 Å². The Bertz CT molecular complexity index is 825. The molecule has 1 amide bonds. The van der Waals surface area contributed by atoms with Gasteiger partial charge < -0.3 is 20.1 Å². The van der Waals surface area contributed by atoms with Gasteiger partial charge in [0.2, 0.25) is 0 Å². The van der Waals surface area contributed by atoms with Gasteiger partial charge in [-0.15, -0.1) is 0 Å². The second-order valence-electron chi connectivity index (χ2n) is 6.34. The number of aromatic hydroxyl groups is 1. The number of phenols is 1. The second-order valence-corrected chi connectivity index (χ2v) is 6.75. The van der Waals surface area contributed by atoms with Crippen molar-refractivity contribution in [3.05, 3.63) is 52.5 Å². The van der Waals surface area contributed by atoms with Crippen LogP contribution in [0.2, 0.25) is 5.02 Å². The van der Waals surface area contributed by atoms with Crippen LogP contribution < -0.4 is 10.1 Å². The topological polar surface area (TPSA) is 61.8 Å². The molecule has 1 heterocycles. The molecule has 0 saturated heterocycles. The van der Waals surface area contributed by atoms with Gasteiger partial charge in [-0.25, -0.2) is 0 Å². The first kappa shape index (κ1) is 18.4. The minimum atomic E-state index is -0.398. The highest BCUT2D eigenvalue weighted by molar-refractivity contribution is 6.32. The second kappa shape index (κ2) is 7.46. The molecule has 0 aliphatic carbocycles. The highest BCUT2D eigenvalue weighted by Gasteiger charge is 2.35. The average molecular weight is 375 g/mol. The zero-order chi connectivity index (χ0) is 18.8. The normalized spacial score (nSPS) is 17.5. The number of rotatable bonds is 5. The molecule has 0 spiro atoms. The Labute approximate surface area is 158 Å². The lowest BCUT2D eigenvalue weighted by molar-refractivity contribution is 0.0593. The number of carbonyl (C=O) groups is 1. The van der Waals surface area contributed by atoms with Crippen LogP contribution in [0.5, 0.6) is 11.5 Å². The van der Waals surface area contributed by atoms with Gasteiger partial charge in [-0.05, 0) is 44.5 Å². The summed E-state index contributed by atoms with van der Waals surface area (Å²) in [7, 11) is 0. The number of carbonyl (C=O) groups excluding carboxylic acids is 1. The summed E-state index contributed by atoms with van der Waals surface area (Å²) in [5, 5.41) is 13.8. The molecular formula is C20H23ClN2O3. The highest BCUT2D eigenvalue weighted by atomic mass is 35.5. The molecular weight excluding hydrogens is 352 g/mol.